The summed E-state index contributed by atoms with van der Waals surface area (Å²) in [6, 6.07) is 0. The van der Waals surface area contributed by atoms with Gasteiger partial charge in [0.1, 0.15) is 0 Å². The summed E-state index contributed by atoms with van der Waals surface area (Å²) >= 11 is 0. The number of carboxylic acids is 1. The van der Waals surface area contributed by atoms with Gasteiger partial charge in [-0.1, -0.05) is 13.8 Å². The molecular formula is C9H19NO3. The Kier molecular flexibility index (Phi) is 5.66. The van der Waals surface area contributed by atoms with Gasteiger partial charge in [0.2, 0.25) is 0 Å². The third-order valence-corrected chi connectivity index (χ3v) is 2.29. The second-order valence-corrected chi connectivity index (χ2v) is 3.25. The first-order valence-electron chi connectivity index (χ1n) is 4.69. The largest absolute Gasteiger partial charge is 0.481 e. The molecule has 13 heavy (non-hydrogen) atoms. The summed E-state index contributed by atoms with van der Waals surface area (Å²) in [6.07, 6.45) is 1.47. The molecule has 0 rings (SSSR count). The third kappa shape index (κ3) is 5.60. The molecule has 0 heterocycles. The van der Waals surface area contributed by atoms with E-state index in [0.717, 1.165) is 0 Å². The highest BCUT2D eigenvalue weighted by atomic mass is 16.4. The SMILES string of the molecule is CCC(O)(CC)CNCCC(=O)O. The van der Waals surface area contributed by atoms with Gasteiger partial charge in [0.25, 0.3) is 0 Å². The molecule has 78 valence electrons. The quantitative estimate of drug-likeness (QED) is 0.513. The van der Waals surface area contributed by atoms with E-state index in [9.17, 15) is 9.90 Å². The van der Waals surface area contributed by atoms with Crippen molar-refractivity contribution in [3.05, 3.63) is 0 Å². The number of nitrogens with one attached hydrogen (secondary N) is 1. The van der Waals surface area contributed by atoms with Crippen LogP contribution < -0.4 is 5.32 Å². The van der Waals surface area contributed by atoms with Crippen LogP contribution in [-0.4, -0.2) is 34.9 Å². The van der Waals surface area contributed by atoms with Gasteiger partial charge in [-0.15, -0.1) is 0 Å². The van der Waals surface area contributed by atoms with Gasteiger partial charge in [0, 0.05) is 13.1 Å². The molecule has 0 aromatic rings. The molecule has 4 heteroatoms. The molecule has 0 atom stereocenters. The molecule has 0 aliphatic heterocycles. The summed E-state index contributed by atoms with van der Waals surface area (Å²) in [5.41, 5.74) is -0.682. The average Bonchev–Trinajstić information content (AvgIpc) is 2.12. The zero-order valence-electron chi connectivity index (χ0n) is 8.34. The van der Waals surface area contributed by atoms with E-state index in [-0.39, 0.29) is 6.42 Å². The van der Waals surface area contributed by atoms with E-state index < -0.39 is 11.6 Å². The molecule has 0 aliphatic carbocycles. The Morgan fingerprint density at radius 2 is 1.92 bits per heavy atom. The topological polar surface area (TPSA) is 69.6 Å². The molecule has 0 aliphatic rings. The lowest BCUT2D eigenvalue weighted by Gasteiger charge is -2.25. The molecule has 0 amide bonds. The first-order valence-corrected chi connectivity index (χ1v) is 4.69. The summed E-state index contributed by atoms with van der Waals surface area (Å²) in [5.74, 6) is -0.816. The Hall–Kier alpha value is -0.610. The number of aliphatic carboxylic acids is 1. The number of carbonyl (C=O) groups is 1. The molecule has 0 unspecified atom stereocenters. The van der Waals surface area contributed by atoms with Crippen molar-refractivity contribution in [1.82, 2.24) is 5.32 Å². The van der Waals surface area contributed by atoms with Crippen LogP contribution in [0.2, 0.25) is 0 Å². The lowest BCUT2D eigenvalue weighted by Crippen LogP contribution is -2.40. The molecule has 0 spiro atoms. The minimum atomic E-state index is -0.816. The van der Waals surface area contributed by atoms with Crippen LogP contribution in [0.5, 0.6) is 0 Å². The Morgan fingerprint density at radius 3 is 2.31 bits per heavy atom. The first kappa shape index (κ1) is 12.4. The summed E-state index contributed by atoms with van der Waals surface area (Å²) < 4.78 is 0. The minimum Gasteiger partial charge on any atom is -0.481 e. The van der Waals surface area contributed by atoms with Gasteiger partial charge >= 0.3 is 5.97 Å². The lowest BCUT2D eigenvalue weighted by molar-refractivity contribution is -0.136. The summed E-state index contributed by atoms with van der Waals surface area (Å²) in [7, 11) is 0. The van der Waals surface area contributed by atoms with Gasteiger partial charge in [-0.2, -0.15) is 0 Å². The third-order valence-electron chi connectivity index (χ3n) is 2.29. The van der Waals surface area contributed by atoms with Crippen LogP contribution in [0.15, 0.2) is 0 Å². The molecule has 0 bridgehead atoms. The Morgan fingerprint density at radius 1 is 1.38 bits per heavy atom. The van der Waals surface area contributed by atoms with E-state index in [1.807, 2.05) is 13.8 Å². The second-order valence-electron chi connectivity index (χ2n) is 3.25. The highest BCUT2D eigenvalue weighted by molar-refractivity contribution is 5.66. The molecule has 0 fully saturated rings. The number of aliphatic hydroxyl groups is 1. The maximum atomic E-state index is 10.2. The van der Waals surface area contributed by atoms with Crippen molar-refractivity contribution in [2.75, 3.05) is 13.1 Å². The second kappa shape index (κ2) is 5.94. The van der Waals surface area contributed by atoms with Gasteiger partial charge in [-0.3, -0.25) is 4.79 Å². The molecule has 0 radical (unpaired) electrons. The van der Waals surface area contributed by atoms with E-state index in [4.69, 9.17) is 5.11 Å². The highest BCUT2D eigenvalue weighted by Gasteiger charge is 2.20. The summed E-state index contributed by atoms with van der Waals surface area (Å²) in [6.45, 7) is 4.72. The van der Waals surface area contributed by atoms with Crippen LogP contribution in [-0.2, 0) is 4.79 Å². The maximum Gasteiger partial charge on any atom is 0.304 e. The molecule has 3 N–H and O–H groups in total. The van der Waals surface area contributed by atoms with Crippen LogP contribution >= 0.6 is 0 Å². The van der Waals surface area contributed by atoms with Crippen LogP contribution in [0.1, 0.15) is 33.1 Å². The summed E-state index contributed by atoms with van der Waals surface area (Å²) in [4.78, 5) is 10.2. The van der Waals surface area contributed by atoms with E-state index in [1.54, 1.807) is 0 Å². The monoisotopic (exact) mass is 189 g/mol. The predicted octanol–water partition coefficient (Wildman–Crippen LogP) is 0.602. The van der Waals surface area contributed by atoms with Gasteiger partial charge < -0.3 is 15.5 Å². The normalized spacial score (nSPS) is 11.6. The van der Waals surface area contributed by atoms with E-state index >= 15 is 0 Å². The fraction of sp³-hybridized carbons (Fsp3) is 0.889. The molecular weight excluding hydrogens is 170 g/mol. The molecule has 4 nitrogen and oxygen atoms in total. The summed E-state index contributed by atoms with van der Waals surface area (Å²) in [5, 5.41) is 21.1. The molecule has 0 aromatic heterocycles. The van der Waals surface area contributed by atoms with E-state index in [2.05, 4.69) is 5.32 Å². The zero-order valence-corrected chi connectivity index (χ0v) is 8.34. The van der Waals surface area contributed by atoms with Crippen molar-refractivity contribution in [2.24, 2.45) is 0 Å². The van der Waals surface area contributed by atoms with Crippen molar-refractivity contribution >= 4 is 5.97 Å². The van der Waals surface area contributed by atoms with E-state index in [1.165, 1.54) is 0 Å². The number of hydrogen-bond acceptors (Lipinski definition) is 3. The smallest absolute Gasteiger partial charge is 0.304 e. The fourth-order valence-electron chi connectivity index (χ4n) is 1.02. The van der Waals surface area contributed by atoms with Gasteiger partial charge in [0.05, 0.1) is 12.0 Å². The first-order chi connectivity index (χ1) is 6.04. The van der Waals surface area contributed by atoms with Crippen molar-refractivity contribution in [1.29, 1.82) is 0 Å². The average molecular weight is 189 g/mol. The lowest BCUT2D eigenvalue weighted by atomic mass is 9.98. The van der Waals surface area contributed by atoms with Crippen molar-refractivity contribution in [2.45, 2.75) is 38.7 Å². The van der Waals surface area contributed by atoms with Crippen LogP contribution in [0, 0.1) is 0 Å². The van der Waals surface area contributed by atoms with E-state index in [0.29, 0.717) is 25.9 Å². The fourth-order valence-corrected chi connectivity index (χ4v) is 1.02. The van der Waals surface area contributed by atoms with Crippen molar-refractivity contribution in [3.8, 4) is 0 Å². The Balaban J connectivity index is 3.55. The number of hydrogen-bond donors (Lipinski definition) is 3. The van der Waals surface area contributed by atoms with Gasteiger partial charge in [-0.05, 0) is 12.8 Å². The van der Waals surface area contributed by atoms with Crippen molar-refractivity contribution in [3.63, 3.8) is 0 Å². The molecule has 0 aromatic carbocycles. The Bertz CT molecular complexity index is 155. The minimum absolute atomic E-state index is 0.101. The zero-order chi connectivity index (χ0) is 10.3. The molecule has 0 saturated carbocycles. The van der Waals surface area contributed by atoms with Crippen LogP contribution in [0.4, 0.5) is 0 Å². The van der Waals surface area contributed by atoms with Crippen molar-refractivity contribution < 1.29 is 15.0 Å². The molecule has 0 saturated heterocycles. The number of carboxylic acid groups (broad SMARTS) is 1. The maximum absolute atomic E-state index is 10.2. The van der Waals surface area contributed by atoms with Crippen LogP contribution in [0.25, 0.3) is 0 Å². The predicted molar refractivity (Wildman–Crippen MR) is 50.7 cm³/mol. The standard InChI is InChI=1S/C9H19NO3/c1-3-9(13,4-2)7-10-6-5-8(11)12/h10,13H,3-7H2,1-2H3,(H,11,12). The van der Waals surface area contributed by atoms with Gasteiger partial charge in [0.15, 0.2) is 0 Å². The van der Waals surface area contributed by atoms with Crippen LogP contribution in [0.3, 0.4) is 0 Å². The Labute approximate surface area is 79.0 Å². The highest BCUT2D eigenvalue weighted by Crippen LogP contribution is 2.12. The van der Waals surface area contributed by atoms with Gasteiger partial charge in [-0.25, -0.2) is 0 Å². The number of rotatable bonds is 7.